The number of piperazine rings is 1. The molecule has 1 aromatic carbocycles. The number of aromatic nitrogens is 3. The van der Waals surface area contributed by atoms with Gasteiger partial charge in [-0.25, -0.2) is 18.4 Å². The number of piperidine rings is 1. The van der Waals surface area contributed by atoms with Crippen LogP contribution >= 0.6 is 11.3 Å². The molecule has 8 rings (SSSR count). The van der Waals surface area contributed by atoms with Crippen molar-refractivity contribution in [2.45, 2.75) is 77.4 Å². The molecule has 4 aromatic rings. The van der Waals surface area contributed by atoms with Crippen LogP contribution in [0.3, 0.4) is 0 Å². The van der Waals surface area contributed by atoms with E-state index in [4.69, 9.17) is 19.2 Å². The average Bonchev–Trinajstić information content (AvgIpc) is 3.87. The van der Waals surface area contributed by atoms with Gasteiger partial charge in [0.15, 0.2) is 11.6 Å². The molecule has 19 heteroatoms. The Morgan fingerprint density at radius 1 is 1.05 bits per heavy atom. The number of anilines is 2. The van der Waals surface area contributed by atoms with Gasteiger partial charge in [0.05, 0.1) is 47.4 Å². The highest BCUT2D eigenvalue weighted by Gasteiger charge is 2.44. The van der Waals surface area contributed by atoms with E-state index in [-0.39, 0.29) is 100 Å². The van der Waals surface area contributed by atoms with Crippen LogP contribution in [-0.2, 0) is 27.5 Å². The van der Waals surface area contributed by atoms with Gasteiger partial charge in [-0.1, -0.05) is 0 Å². The predicted octanol–water partition coefficient (Wildman–Crippen LogP) is 5.37. The highest BCUT2D eigenvalue weighted by atomic mass is 32.1. The number of carbonyl (C=O) groups excluding carboxylic acids is 2. The standard InChI is InChI=1S/C38H40F2N8O8S/c1-38(2,3)56-36(51)45-34-21(10-41)27-30(42-11-24(39)32(27)57-34)26-22-16-54-17-23(22)28-31(29(26)40)43-35(55-15-18-6-8-46(9-7-18)25(50)14-49)44-33(28)48-19-4-5-20(48)13-47(12-19)37(52)53/h11,18-20,49H,4-9,12-17H2,1-3H3,(H,45,51)(H,52,53). The maximum atomic E-state index is 17.7. The monoisotopic (exact) mass is 806 g/mol. The van der Waals surface area contributed by atoms with Crippen molar-refractivity contribution < 1.29 is 47.6 Å². The number of rotatable bonds is 7. The predicted molar refractivity (Wildman–Crippen MR) is 202 cm³/mol. The van der Waals surface area contributed by atoms with Crippen molar-refractivity contribution in [3.8, 4) is 23.3 Å². The first-order valence-electron chi connectivity index (χ1n) is 18.7. The maximum Gasteiger partial charge on any atom is 0.412 e. The van der Waals surface area contributed by atoms with Crippen LogP contribution in [0.25, 0.3) is 32.2 Å². The van der Waals surface area contributed by atoms with E-state index in [1.807, 2.05) is 11.0 Å². The highest BCUT2D eigenvalue weighted by molar-refractivity contribution is 7.23. The van der Waals surface area contributed by atoms with Gasteiger partial charge in [0, 0.05) is 49.2 Å². The molecular formula is C38H40F2N8O8S. The minimum absolute atomic E-state index is 0.000482. The largest absolute Gasteiger partial charge is 0.465 e. The van der Waals surface area contributed by atoms with Gasteiger partial charge in [-0.3, -0.25) is 15.1 Å². The summed E-state index contributed by atoms with van der Waals surface area (Å²) in [5, 5.41) is 32.4. The molecule has 3 fully saturated rings. The smallest absolute Gasteiger partial charge is 0.412 e. The van der Waals surface area contributed by atoms with E-state index >= 15 is 8.78 Å². The molecule has 57 heavy (non-hydrogen) atoms. The normalized spacial score (nSPS) is 19.6. The fourth-order valence-electron chi connectivity index (χ4n) is 8.39. The third-order valence-corrected chi connectivity index (χ3v) is 12.1. The number of pyridine rings is 1. The molecule has 3 aromatic heterocycles. The number of hydrogen-bond donors (Lipinski definition) is 3. The summed E-state index contributed by atoms with van der Waals surface area (Å²) in [6.45, 7) is 5.98. The first-order chi connectivity index (χ1) is 27.3. The lowest BCUT2D eigenvalue weighted by atomic mass is 9.93. The minimum atomic E-state index is -1.02. The summed E-state index contributed by atoms with van der Waals surface area (Å²) in [7, 11) is 0. The summed E-state index contributed by atoms with van der Waals surface area (Å²) in [5.41, 5.74) is -0.196. The SMILES string of the molecule is CC(C)(C)OC(=O)Nc1sc2c(F)cnc(-c3c4c(c5c(N6C7CCC6CN(C(=O)O)C7)nc(OCC6CCN(C(=O)CO)CC6)nc5c3F)COC4)c2c1C#N. The number of benzene rings is 1. The topological polar surface area (TPSA) is 204 Å². The first kappa shape index (κ1) is 38.4. The van der Waals surface area contributed by atoms with Crippen molar-refractivity contribution in [3.63, 3.8) is 0 Å². The molecule has 2 unspecified atom stereocenters. The Morgan fingerprint density at radius 2 is 1.75 bits per heavy atom. The number of amides is 3. The molecule has 0 spiro atoms. The summed E-state index contributed by atoms with van der Waals surface area (Å²) in [6.07, 6.45) is 1.65. The Balaban J connectivity index is 1.27. The van der Waals surface area contributed by atoms with Gasteiger partial charge in [-0.2, -0.15) is 15.2 Å². The quantitative estimate of drug-likeness (QED) is 0.215. The molecule has 16 nitrogen and oxygen atoms in total. The molecule has 3 amide bonds. The van der Waals surface area contributed by atoms with Gasteiger partial charge in [0.2, 0.25) is 5.91 Å². The summed E-state index contributed by atoms with van der Waals surface area (Å²) < 4.78 is 50.7. The van der Waals surface area contributed by atoms with E-state index in [0.29, 0.717) is 61.1 Å². The van der Waals surface area contributed by atoms with E-state index < -0.39 is 36.0 Å². The lowest BCUT2D eigenvalue weighted by molar-refractivity contribution is -0.135. The second-order valence-electron chi connectivity index (χ2n) is 15.7. The Labute approximate surface area is 328 Å². The third kappa shape index (κ3) is 6.99. The highest BCUT2D eigenvalue weighted by Crippen LogP contribution is 2.48. The summed E-state index contributed by atoms with van der Waals surface area (Å²) >= 11 is 0.802. The number of aliphatic hydroxyl groups is 1. The van der Waals surface area contributed by atoms with Crippen LogP contribution in [-0.4, -0.2) is 110 Å². The molecule has 0 saturated carbocycles. The Bertz CT molecular complexity index is 2340. The van der Waals surface area contributed by atoms with Crippen LogP contribution in [0, 0.1) is 28.9 Å². The Kier molecular flexibility index (Phi) is 9.98. The molecule has 2 atom stereocenters. The van der Waals surface area contributed by atoms with Crippen molar-refractivity contribution in [2.24, 2.45) is 5.92 Å². The second kappa shape index (κ2) is 14.8. The summed E-state index contributed by atoms with van der Waals surface area (Å²) in [4.78, 5) is 55.7. The third-order valence-electron chi connectivity index (χ3n) is 10.9. The molecule has 3 N–H and O–H groups in total. The minimum Gasteiger partial charge on any atom is -0.465 e. The number of aliphatic hydroxyl groups excluding tert-OH is 1. The van der Waals surface area contributed by atoms with Crippen molar-refractivity contribution in [1.29, 1.82) is 5.26 Å². The molecule has 7 heterocycles. The van der Waals surface area contributed by atoms with Crippen LogP contribution in [0.1, 0.15) is 63.1 Å². The van der Waals surface area contributed by atoms with E-state index in [1.165, 1.54) is 4.90 Å². The maximum absolute atomic E-state index is 17.7. The van der Waals surface area contributed by atoms with E-state index in [1.54, 1.807) is 25.7 Å². The Morgan fingerprint density at radius 3 is 2.40 bits per heavy atom. The van der Waals surface area contributed by atoms with Crippen molar-refractivity contribution in [2.75, 3.05) is 49.6 Å². The number of halogens is 2. The van der Waals surface area contributed by atoms with E-state index in [2.05, 4.69) is 15.3 Å². The number of nitrogens with zero attached hydrogens (tertiary/aromatic N) is 7. The molecule has 2 bridgehead atoms. The number of nitriles is 1. The zero-order valence-electron chi connectivity index (χ0n) is 31.4. The average molecular weight is 807 g/mol. The van der Waals surface area contributed by atoms with E-state index in [0.717, 1.165) is 17.5 Å². The first-order valence-corrected chi connectivity index (χ1v) is 19.5. The number of thiophene rings is 1. The fourth-order valence-corrected chi connectivity index (χ4v) is 9.43. The number of nitrogens with one attached hydrogen (secondary N) is 1. The molecule has 0 radical (unpaired) electrons. The molecule has 4 aliphatic heterocycles. The number of likely N-dealkylation sites (tertiary alicyclic amines) is 2. The molecule has 3 saturated heterocycles. The second-order valence-corrected chi connectivity index (χ2v) is 16.7. The number of carboxylic acid groups (broad SMARTS) is 1. The number of ether oxygens (including phenoxy) is 3. The van der Waals surface area contributed by atoms with Crippen LogP contribution in [0.2, 0.25) is 0 Å². The fraction of sp³-hybridized carbons (Fsp3) is 0.500. The van der Waals surface area contributed by atoms with Crippen LogP contribution in [0.5, 0.6) is 6.01 Å². The number of carbonyl (C=O) groups is 3. The number of hydrogen-bond acceptors (Lipinski definition) is 13. The van der Waals surface area contributed by atoms with Crippen molar-refractivity contribution in [1.82, 2.24) is 24.8 Å². The van der Waals surface area contributed by atoms with Gasteiger partial charge in [-0.05, 0) is 63.5 Å². The zero-order chi connectivity index (χ0) is 40.3. The van der Waals surface area contributed by atoms with Gasteiger partial charge in [0.1, 0.15) is 34.6 Å². The van der Waals surface area contributed by atoms with Crippen molar-refractivity contribution in [3.05, 3.63) is 34.5 Å². The van der Waals surface area contributed by atoms with Crippen LogP contribution in [0.15, 0.2) is 6.20 Å². The molecular weight excluding hydrogens is 767 g/mol. The Hall–Kier alpha value is -5.45. The number of fused-ring (bicyclic) bond motifs is 6. The molecule has 300 valence electrons. The van der Waals surface area contributed by atoms with Crippen LogP contribution in [0.4, 0.5) is 29.2 Å². The molecule has 4 aliphatic rings. The summed E-state index contributed by atoms with van der Waals surface area (Å²) in [6, 6.07) is 1.44. The zero-order valence-corrected chi connectivity index (χ0v) is 32.2. The van der Waals surface area contributed by atoms with E-state index in [9.17, 15) is 29.9 Å². The molecule has 0 aliphatic carbocycles. The van der Waals surface area contributed by atoms with Gasteiger partial charge in [-0.15, -0.1) is 11.3 Å². The van der Waals surface area contributed by atoms with Gasteiger partial charge < -0.3 is 39.1 Å². The summed E-state index contributed by atoms with van der Waals surface area (Å²) in [5.74, 6) is -1.54. The van der Waals surface area contributed by atoms with Crippen LogP contribution < -0.4 is 15.0 Å². The van der Waals surface area contributed by atoms with Crippen molar-refractivity contribution >= 4 is 61.2 Å². The van der Waals surface area contributed by atoms with Gasteiger partial charge in [0.25, 0.3) is 0 Å². The lowest BCUT2D eigenvalue weighted by Crippen LogP contribution is -2.55. The lowest BCUT2D eigenvalue weighted by Gasteiger charge is -2.41. The van der Waals surface area contributed by atoms with Gasteiger partial charge >= 0.3 is 18.2 Å².